The molecule has 1 N–H and O–H groups in total. The summed E-state index contributed by atoms with van der Waals surface area (Å²) in [6.07, 6.45) is 9.56. The van der Waals surface area contributed by atoms with Gasteiger partial charge in [0.1, 0.15) is 0 Å². The van der Waals surface area contributed by atoms with Gasteiger partial charge in [-0.05, 0) is 18.8 Å². The highest BCUT2D eigenvalue weighted by Gasteiger charge is 2.13. The minimum absolute atomic E-state index is 0.125. The molecule has 0 atom stereocenters. The van der Waals surface area contributed by atoms with E-state index in [1.165, 1.54) is 38.5 Å². The van der Waals surface area contributed by atoms with Crippen LogP contribution in [0.5, 0.6) is 0 Å². The summed E-state index contributed by atoms with van der Waals surface area (Å²) in [6.45, 7) is 4.75. The van der Waals surface area contributed by atoms with Gasteiger partial charge in [-0.1, -0.05) is 46.0 Å². The molecule has 1 aliphatic rings. The Morgan fingerprint density at radius 1 is 1.27 bits per heavy atom. The van der Waals surface area contributed by atoms with Gasteiger partial charge in [0.2, 0.25) is 5.91 Å². The smallest absolute Gasteiger partial charge is 0.222 e. The minimum atomic E-state index is 0.125. The fourth-order valence-electron chi connectivity index (χ4n) is 2.28. The van der Waals surface area contributed by atoms with Gasteiger partial charge < -0.3 is 5.32 Å². The molecule has 1 fully saturated rings. The SMILES string of the molecule is CC(C)C(=O)NCCCC1CCCCC1. The lowest BCUT2D eigenvalue weighted by atomic mass is 9.86. The molecule has 0 aromatic carbocycles. The van der Waals surface area contributed by atoms with Gasteiger partial charge >= 0.3 is 0 Å². The van der Waals surface area contributed by atoms with Gasteiger partial charge in [0.05, 0.1) is 0 Å². The molecule has 0 bridgehead atoms. The molecular formula is C13H25NO. The molecule has 0 heterocycles. The second-order valence-electron chi connectivity index (χ2n) is 5.09. The van der Waals surface area contributed by atoms with Gasteiger partial charge in [0.15, 0.2) is 0 Å². The summed E-state index contributed by atoms with van der Waals surface area (Å²) in [5.41, 5.74) is 0. The Morgan fingerprint density at radius 2 is 1.93 bits per heavy atom. The average molecular weight is 211 g/mol. The van der Waals surface area contributed by atoms with Crippen molar-refractivity contribution < 1.29 is 4.79 Å². The molecule has 0 aliphatic heterocycles. The number of carbonyl (C=O) groups excluding carboxylic acids is 1. The summed E-state index contributed by atoms with van der Waals surface area (Å²) in [5.74, 6) is 1.26. The maximum absolute atomic E-state index is 11.3. The summed E-state index contributed by atoms with van der Waals surface area (Å²) in [5, 5.41) is 2.98. The molecule has 1 aliphatic carbocycles. The first kappa shape index (κ1) is 12.5. The third kappa shape index (κ3) is 5.19. The number of nitrogens with one attached hydrogen (secondary N) is 1. The molecule has 0 radical (unpaired) electrons. The van der Waals surface area contributed by atoms with Crippen LogP contribution < -0.4 is 5.32 Å². The topological polar surface area (TPSA) is 29.1 Å². The predicted octanol–water partition coefficient (Wildman–Crippen LogP) is 3.12. The Balaban J connectivity index is 1.98. The van der Waals surface area contributed by atoms with E-state index in [9.17, 15) is 4.79 Å². The Labute approximate surface area is 93.8 Å². The molecule has 2 heteroatoms. The summed E-state index contributed by atoms with van der Waals surface area (Å²) in [7, 11) is 0. The van der Waals surface area contributed by atoms with Gasteiger partial charge in [-0.3, -0.25) is 4.79 Å². The van der Waals surface area contributed by atoms with Crippen LogP contribution in [0.3, 0.4) is 0 Å². The zero-order valence-corrected chi connectivity index (χ0v) is 10.2. The Hall–Kier alpha value is -0.530. The van der Waals surface area contributed by atoms with Crippen molar-refractivity contribution in [3.63, 3.8) is 0 Å². The summed E-state index contributed by atoms with van der Waals surface area (Å²) < 4.78 is 0. The highest BCUT2D eigenvalue weighted by molar-refractivity contribution is 5.77. The summed E-state index contributed by atoms with van der Waals surface area (Å²) in [4.78, 5) is 11.3. The molecule has 0 aromatic rings. The molecule has 0 saturated heterocycles. The van der Waals surface area contributed by atoms with Crippen molar-refractivity contribution in [2.45, 2.75) is 58.8 Å². The van der Waals surface area contributed by atoms with E-state index in [1.54, 1.807) is 0 Å². The largest absolute Gasteiger partial charge is 0.356 e. The van der Waals surface area contributed by atoms with Gasteiger partial charge in [-0.25, -0.2) is 0 Å². The predicted molar refractivity (Wildman–Crippen MR) is 63.7 cm³/mol. The van der Waals surface area contributed by atoms with Crippen molar-refractivity contribution >= 4 is 5.91 Å². The van der Waals surface area contributed by atoms with Crippen molar-refractivity contribution in [2.24, 2.45) is 11.8 Å². The number of hydrogen-bond donors (Lipinski definition) is 1. The lowest BCUT2D eigenvalue weighted by molar-refractivity contribution is -0.123. The van der Waals surface area contributed by atoms with Gasteiger partial charge in [-0.15, -0.1) is 0 Å². The van der Waals surface area contributed by atoms with E-state index < -0.39 is 0 Å². The Morgan fingerprint density at radius 3 is 2.53 bits per heavy atom. The van der Waals surface area contributed by atoms with Crippen LogP contribution in [0.1, 0.15) is 58.8 Å². The van der Waals surface area contributed by atoms with Crippen LogP contribution in [0, 0.1) is 11.8 Å². The van der Waals surface area contributed by atoms with Crippen LogP contribution >= 0.6 is 0 Å². The quantitative estimate of drug-likeness (QED) is 0.696. The highest BCUT2D eigenvalue weighted by atomic mass is 16.1. The van der Waals surface area contributed by atoms with E-state index in [1.807, 2.05) is 13.8 Å². The van der Waals surface area contributed by atoms with E-state index in [0.717, 1.165) is 18.9 Å². The number of hydrogen-bond acceptors (Lipinski definition) is 1. The van der Waals surface area contributed by atoms with Crippen molar-refractivity contribution in [3.05, 3.63) is 0 Å². The van der Waals surface area contributed by atoms with Crippen molar-refractivity contribution in [1.82, 2.24) is 5.32 Å². The van der Waals surface area contributed by atoms with E-state index in [-0.39, 0.29) is 11.8 Å². The molecule has 2 nitrogen and oxygen atoms in total. The zero-order valence-electron chi connectivity index (χ0n) is 10.2. The molecular weight excluding hydrogens is 186 g/mol. The number of rotatable bonds is 5. The van der Waals surface area contributed by atoms with Crippen LogP contribution in [-0.2, 0) is 4.79 Å². The first-order valence-corrected chi connectivity index (χ1v) is 6.48. The molecule has 0 spiro atoms. The van der Waals surface area contributed by atoms with Gasteiger partial charge in [0.25, 0.3) is 0 Å². The zero-order chi connectivity index (χ0) is 11.1. The number of carbonyl (C=O) groups is 1. The summed E-state index contributed by atoms with van der Waals surface area (Å²) in [6, 6.07) is 0. The third-order valence-corrected chi connectivity index (χ3v) is 3.34. The standard InChI is InChI=1S/C13H25NO/c1-11(2)13(15)14-10-6-9-12-7-4-3-5-8-12/h11-12H,3-10H2,1-2H3,(H,14,15). The van der Waals surface area contributed by atoms with Crippen molar-refractivity contribution in [2.75, 3.05) is 6.54 Å². The van der Waals surface area contributed by atoms with E-state index in [2.05, 4.69) is 5.32 Å². The van der Waals surface area contributed by atoms with Gasteiger partial charge in [-0.2, -0.15) is 0 Å². The first-order valence-electron chi connectivity index (χ1n) is 6.48. The monoisotopic (exact) mass is 211 g/mol. The molecule has 0 unspecified atom stereocenters. The molecule has 1 amide bonds. The number of amides is 1. The maximum Gasteiger partial charge on any atom is 0.222 e. The molecule has 1 saturated carbocycles. The van der Waals surface area contributed by atoms with Crippen molar-refractivity contribution in [3.8, 4) is 0 Å². The van der Waals surface area contributed by atoms with Crippen LogP contribution in [0.25, 0.3) is 0 Å². The van der Waals surface area contributed by atoms with E-state index in [0.29, 0.717) is 0 Å². The lowest BCUT2D eigenvalue weighted by Crippen LogP contribution is -2.28. The highest BCUT2D eigenvalue weighted by Crippen LogP contribution is 2.26. The molecule has 0 aromatic heterocycles. The fourth-order valence-corrected chi connectivity index (χ4v) is 2.28. The fraction of sp³-hybridized carbons (Fsp3) is 0.923. The summed E-state index contributed by atoms with van der Waals surface area (Å²) >= 11 is 0. The normalized spacial score (nSPS) is 18.1. The lowest BCUT2D eigenvalue weighted by Gasteiger charge is -2.21. The Kier molecular flexibility index (Phi) is 5.74. The van der Waals surface area contributed by atoms with Crippen LogP contribution in [0.15, 0.2) is 0 Å². The maximum atomic E-state index is 11.3. The van der Waals surface area contributed by atoms with Crippen LogP contribution in [0.4, 0.5) is 0 Å². The van der Waals surface area contributed by atoms with E-state index in [4.69, 9.17) is 0 Å². The second-order valence-corrected chi connectivity index (χ2v) is 5.09. The molecule has 1 rings (SSSR count). The molecule has 15 heavy (non-hydrogen) atoms. The van der Waals surface area contributed by atoms with Gasteiger partial charge in [0, 0.05) is 12.5 Å². The minimum Gasteiger partial charge on any atom is -0.356 e. The third-order valence-electron chi connectivity index (χ3n) is 3.34. The average Bonchev–Trinajstić information content (AvgIpc) is 2.25. The first-order chi connectivity index (χ1) is 7.20. The Bertz CT molecular complexity index is 183. The van der Waals surface area contributed by atoms with Crippen molar-refractivity contribution in [1.29, 1.82) is 0 Å². The van der Waals surface area contributed by atoms with E-state index >= 15 is 0 Å². The van der Waals surface area contributed by atoms with Crippen LogP contribution in [-0.4, -0.2) is 12.5 Å². The molecule has 88 valence electrons. The van der Waals surface area contributed by atoms with Crippen LogP contribution in [0.2, 0.25) is 0 Å². The second kappa shape index (κ2) is 6.86.